The Balaban J connectivity index is 1.27. The number of amides is 2. The molecule has 0 atom stereocenters. The summed E-state index contributed by atoms with van der Waals surface area (Å²) in [5.41, 5.74) is 1.98. The first-order valence-corrected chi connectivity index (χ1v) is 13.6. The minimum absolute atomic E-state index is 0.0729. The first-order valence-electron chi connectivity index (χ1n) is 13.6. The zero-order valence-corrected chi connectivity index (χ0v) is 22.5. The van der Waals surface area contributed by atoms with Gasteiger partial charge in [-0.2, -0.15) is 0 Å². The molecule has 2 bridgehead atoms. The van der Waals surface area contributed by atoms with Crippen LogP contribution in [-0.2, 0) is 19.7 Å². The number of benzene rings is 1. The Kier molecular flexibility index (Phi) is 8.46. The average Bonchev–Trinajstić information content (AvgIpc) is 2.90. The third kappa shape index (κ3) is 6.83. The molecule has 3 saturated carbocycles. The zero-order chi connectivity index (χ0) is 26.5. The fourth-order valence-corrected chi connectivity index (χ4v) is 5.94. The number of hydrogen-bond donors (Lipinski definition) is 3. The Hall–Kier alpha value is -2.61. The monoisotopic (exact) mass is 515 g/mol. The Morgan fingerprint density at radius 2 is 1.65 bits per heavy atom. The van der Waals surface area contributed by atoms with Crippen molar-refractivity contribution in [1.82, 2.24) is 10.6 Å². The van der Waals surface area contributed by atoms with Gasteiger partial charge < -0.3 is 25.4 Å². The highest BCUT2D eigenvalue weighted by atomic mass is 19.1. The molecule has 2 amide bonds. The number of halogens is 1. The van der Waals surface area contributed by atoms with Crippen molar-refractivity contribution in [3.8, 4) is 0 Å². The molecule has 0 spiro atoms. The summed E-state index contributed by atoms with van der Waals surface area (Å²) >= 11 is 0. The predicted octanol–water partition coefficient (Wildman–Crippen LogP) is 5.36. The van der Waals surface area contributed by atoms with Gasteiger partial charge in [-0.3, -0.25) is 4.79 Å². The van der Waals surface area contributed by atoms with Gasteiger partial charge in [0.25, 0.3) is 0 Å². The molecular formula is C29H42FN3O4. The smallest absolute Gasteiger partial charge is 0.407 e. The van der Waals surface area contributed by atoms with Gasteiger partial charge in [-0.05, 0) is 101 Å². The van der Waals surface area contributed by atoms with Gasteiger partial charge in [0.05, 0.1) is 6.33 Å². The Morgan fingerprint density at radius 3 is 2.22 bits per heavy atom. The molecule has 4 fully saturated rings. The van der Waals surface area contributed by atoms with Crippen LogP contribution in [0.5, 0.6) is 0 Å². The number of carbonyl (C=O) groups excluding carboxylic acids is 2. The molecule has 8 heteroatoms. The third-order valence-corrected chi connectivity index (χ3v) is 8.31. The third-order valence-electron chi connectivity index (χ3n) is 8.31. The Morgan fingerprint density at radius 1 is 1.03 bits per heavy atom. The van der Waals surface area contributed by atoms with Crippen molar-refractivity contribution in [3.05, 3.63) is 41.7 Å². The van der Waals surface area contributed by atoms with Gasteiger partial charge >= 0.3 is 6.09 Å². The van der Waals surface area contributed by atoms with Crippen LogP contribution < -0.4 is 16.0 Å². The SMILES string of the molecule is CC(C)(C)OC(=O)NC/C(=C\F)CNc1ccc(C23CCC(C(=O)NC4CCOCC4)(CC2)CC3)cc1. The predicted molar refractivity (Wildman–Crippen MR) is 142 cm³/mol. The summed E-state index contributed by atoms with van der Waals surface area (Å²) in [6.07, 6.45) is 7.70. The summed E-state index contributed by atoms with van der Waals surface area (Å²) in [6, 6.07) is 8.66. The lowest BCUT2D eigenvalue weighted by molar-refractivity contribution is -0.139. The van der Waals surface area contributed by atoms with Crippen LogP contribution in [-0.4, -0.2) is 49.9 Å². The van der Waals surface area contributed by atoms with Crippen LogP contribution in [0.1, 0.15) is 77.7 Å². The van der Waals surface area contributed by atoms with E-state index in [9.17, 15) is 14.0 Å². The van der Waals surface area contributed by atoms with Gasteiger partial charge in [0.2, 0.25) is 5.91 Å². The second-order valence-corrected chi connectivity index (χ2v) is 12.0. The van der Waals surface area contributed by atoms with Gasteiger partial charge in [-0.15, -0.1) is 0 Å². The van der Waals surface area contributed by atoms with Crippen molar-refractivity contribution in [3.63, 3.8) is 0 Å². The molecule has 7 nitrogen and oxygen atoms in total. The summed E-state index contributed by atoms with van der Waals surface area (Å²) in [4.78, 5) is 25.0. The van der Waals surface area contributed by atoms with E-state index in [0.29, 0.717) is 11.9 Å². The molecule has 204 valence electrons. The molecule has 0 radical (unpaired) electrons. The van der Waals surface area contributed by atoms with Crippen molar-refractivity contribution >= 4 is 17.7 Å². The molecule has 1 aliphatic heterocycles. The molecule has 1 aromatic carbocycles. The molecule has 3 N–H and O–H groups in total. The second kappa shape index (κ2) is 11.4. The zero-order valence-electron chi connectivity index (χ0n) is 22.5. The Bertz CT molecular complexity index is 955. The van der Waals surface area contributed by atoms with Crippen molar-refractivity contribution in [1.29, 1.82) is 0 Å². The summed E-state index contributed by atoms with van der Waals surface area (Å²) in [7, 11) is 0. The van der Waals surface area contributed by atoms with E-state index in [2.05, 4.69) is 28.1 Å². The standard InChI is InChI=1S/C29H42FN3O4/c1-27(2,3)37-26(35)32-20-21(18-30)19-31-23-6-4-22(5-7-23)28-10-13-29(14-11-28,15-12-28)25(34)33-24-8-16-36-17-9-24/h4-7,18,24,31H,8-17,19-20H2,1-3H3,(H,32,35)(H,33,34)/b21-18-. The number of rotatable bonds is 8. The lowest BCUT2D eigenvalue weighted by atomic mass is 9.51. The maximum Gasteiger partial charge on any atom is 0.407 e. The lowest BCUT2D eigenvalue weighted by Crippen LogP contribution is -2.54. The minimum atomic E-state index is -0.599. The number of alkyl carbamates (subject to hydrolysis) is 1. The van der Waals surface area contributed by atoms with Crippen LogP contribution in [0.4, 0.5) is 14.9 Å². The number of hydrogen-bond acceptors (Lipinski definition) is 5. The quantitative estimate of drug-likeness (QED) is 0.434. The maximum absolute atomic E-state index is 13.3. The van der Waals surface area contributed by atoms with E-state index in [-0.39, 0.29) is 35.9 Å². The van der Waals surface area contributed by atoms with Crippen LogP contribution in [0.3, 0.4) is 0 Å². The minimum Gasteiger partial charge on any atom is -0.444 e. The van der Waals surface area contributed by atoms with Gasteiger partial charge in [0, 0.05) is 43.4 Å². The fourth-order valence-electron chi connectivity index (χ4n) is 5.94. The number of anilines is 1. The van der Waals surface area contributed by atoms with Gasteiger partial charge in [0.15, 0.2) is 0 Å². The molecule has 3 aliphatic carbocycles. The molecule has 1 saturated heterocycles. The van der Waals surface area contributed by atoms with E-state index in [1.165, 1.54) is 5.56 Å². The fraction of sp³-hybridized carbons (Fsp3) is 0.655. The molecule has 1 heterocycles. The van der Waals surface area contributed by atoms with E-state index in [4.69, 9.17) is 9.47 Å². The van der Waals surface area contributed by atoms with Gasteiger partial charge in [-0.25, -0.2) is 9.18 Å². The highest BCUT2D eigenvalue weighted by molar-refractivity contribution is 5.83. The first kappa shape index (κ1) is 27.4. The Labute approximate surface area is 219 Å². The van der Waals surface area contributed by atoms with Crippen LogP contribution in [0, 0.1) is 5.41 Å². The topological polar surface area (TPSA) is 88.7 Å². The van der Waals surface area contributed by atoms with Gasteiger partial charge in [-0.1, -0.05) is 12.1 Å². The van der Waals surface area contributed by atoms with Crippen LogP contribution in [0.25, 0.3) is 0 Å². The second-order valence-electron chi connectivity index (χ2n) is 12.0. The summed E-state index contributed by atoms with van der Waals surface area (Å²) in [6.45, 7) is 7.17. The normalized spacial score (nSPS) is 26.4. The summed E-state index contributed by atoms with van der Waals surface area (Å²) in [5, 5.41) is 9.15. The first-order chi connectivity index (χ1) is 17.6. The molecular weight excluding hydrogens is 473 g/mol. The highest BCUT2D eigenvalue weighted by Gasteiger charge is 2.53. The van der Waals surface area contributed by atoms with E-state index in [1.54, 1.807) is 20.8 Å². The van der Waals surface area contributed by atoms with Crippen molar-refractivity contribution in [2.75, 3.05) is 31.6 Å². The molecule has 37 heavy (non-hydrogen) atoms. The number of fused-ring (bicyclic) bond motifs is 3. The van der Waals surface area contributed by atoms with E-state index >= 15 is 0 Å². The van der Waals surface area contributed by atoms with Crippen molar-refractivity contribution < 1.29 is 23.5 Å². The van der Waals surface area contributed by atoms with Crippen molar-refractivity contribution in [2.45, 2.75) is 89.2 Å². The number of nitrogens with one attached hydrogen (secondary N) is 3. The lowest BCUT2D eigenvalue weighted by Gasteiger charge is -2.53. The summed E-state index contributed by atoms with van der Waals surface area (Å²) < 4.78 is 24.0. The van der Waals surface area contributed by atoms with E-state index in [0.717, 1.165) is 70.3 Å². The molecule has 0 aromatic heterocycles. The number of carbonyl (C=O) groups is 2. The summed E-state index contributed by atoms with van der Waals surface area (Å²) in [5.74, 6) is 0.255. The maximum atomic E-state index is 13.3. The van der Waals surface area contributed by atoms with Gasteiger partial charge in [0.1, 0.15) is 5.60 Å². The van der Waals surface area contributed by atoms with E-state index in [1.807, 2.05) is 12.1 Å². The molecule has 1 aromatic rings. The van der Waals surface area contributed by atoms with E-state index < -0.39 is 11.7 Å². The van der Waals surface area contributed by atoms with Crippen LogP contribution in [0.15, 0.2) is 36.2 Å². The van der Waals surface area contributed by atoms with Crippen LogP contribution >= 0.6 is 0 Å². The highest BCUT2D eigenvalue weighted by Crippen LogP contribution is 2.58. The average molecular weight is 516 g/mol. The number of ether oxygens (including phenoxy) is 2. The molecule has 5 rings (SSSR count). The van der Waals surface area contributed by atoms with Crippen molar-refractivity contribution in [2.24, 2.45) is 5.41 Å². The largest absolute Gasteiger partial charge is 0.444 e. The van der Waals surface area contributed by atoms with Crippen LogP contribution in [0.2, 0.25) is 0 Å². The molecule has 0 unspecified atom stereocenters. The molecule has 4 aliphatic rings.